The topological polar surface area (TPSA) is 57.2 Å². The third-order valence-corrected chi connectivity index (χ3v) is 5.44. The first-order valence-electron chi connectivity index (χ1n) is 8.13. The third kappa shape index (κ3) is 2.23. The summed E-state index contributed by atoms with van der Waals surface area (Å²) in [5.74, 6) is 2.12. The molecule has 1 heterocycles. The van der Waals surface area contributed by atoms with Crippen LogP contribution in [0.5, 0.6) is 0 Å². The molecule has 2 aliphatic carbocycles. The lowest BCUT2D eigenvalue weighted by atomic mass is 9.86. The van der Waals surface area contributed by atoms with Crippen LogP contribution in [0.3, 0.4) is 0 Å². The number of rotatable bonds is 3. The van der Waals surface area contributed by atoms with Crippen LogP contribution in [0.4, 0.5) is 0 Å². The molecule has 4 heteroatoms. The van der Waals surface area contributed by atoms with E-state index in [1.807, 2.05) is 24.3 Å². The number of hydrazone groups is 1. The highest BCUT2D eigenvalue weighted by atomic mass is 16.2. The van der Waals surface area contributed by atoms with E-state index in [1.54, 1.807) is 6.20 Å². The number of hydrogen-bond donors (Lipinski definition) is 2. The molecule has 0 spiro atoms. The van der Waals surface area contributed by atoms with Gasteiger partial charge in [-0.25, -0.2) is 5.43 Å². The molecule has 0 radical (unpaired) electrons. The normalized spacial score (nSPS) is 27.5. The van der Waals surface area contributed by atoms with Gasteiger partial charge in [-0.3, -0.25) is 4.79 Å². The Morgan fingerprint density at radius 3 is 2.91 bits per heavy atom. The van der Waals surface area contributed by atoms with E-state index < -0.39 is 0 Å². The molecule has 22 heavy (non-hydrogen) atoms. The molecule has 2 fully saturated rings. The van der Waals surface area contributed by atoms with Crippen molar-refractivity contribution in [2.75, 3.05) is 0 Å². The summed E-state index contributed by atoms with van der Waals surface area (Å²) < 4.78 is 0. The Balaban J connectivity index is 1.49. The number of aromatic amines is 1. The van der Waals surface area contributed by atoms with Crippen molar-refractivity contribution in [3.8, 4) is 0 Å². The van der Waals surface area contributed by atoms with E-state index in [1.165, 1.54) is 25.7 Å². The predicted molar refractivity (Wildman–Crippen MR) is 87.8 cm³/mol. The van der Waals surface area contributed by atoms with Gasteiger partial charge < -0.3 is 4.98 Å². The maximum absolute atomic E-state index is 12.4. The minimum atomic E-state index is -0.139. The fourth-order valence-corrected chi connectivity index (χ4v) is 4.30. The number of carbonyl (C=O) groups excluding carboxylic acids is 1. The average Bonchev–Trinajstić information content (AvgIpc) is 3.26. The first kappa shape index (κ1) is 13.6. The Bertz CT molecular complexity index is 746. The average molecular weight is 295 g/mol. The van der Waals surface area contributed by atoms with Crippen LogP contribution in [-0.2, 0) is 0 Å². The van der Waals surface area contributed by atoms with Crippen molar-refractivity contribution in [1.82, 2.24) is 10.4 Å². The second-order valence-corrected chi connectivity index (χ2v) is 6.72. The molecule has 2 saturated carbocycles. The third-order valence-electron chi connectivity index (χ3n) is 5.44. The van der Waals surface area contributed by atoms with Gasteiger partial charge in [0, 0.05) is 28.7 Å². The Morgan fingerprint density at radius 2 is 2.14 bits per heavy atom. The summed E-state index contributed by atoms with van der Waals surface area (Å²) >= 11 is 0. The molecule has 0 saturated heterocycles. The number of nitrogens with one attached hydrogen (secondary N) is 2. The highest BCUT2D eigenvalue weighted by molar-refractivity contribution is 6.07. The van der Waals surface area contributed by atoms with E-state index >= 15 is 0 Å². The van der Waals surface area contributed by atoms with Gasteiger partial charge in [0.1, 0.15) is 0 Å². The Kier molecular flexibility index (Phi) is 3.25. The summed E-state index contributed by atoms with van der Waals surface area (Å²) in [5.41, 5.74) is 5.45. The minimum Gasteiger partial charge on any atom is -0.360 e. The molecule has 1 amide bonds. The van der Waals surface area contributed by atoms with Crippen LogP contribution in [0.15, 0.2) is 35.6 Å². The van der Waals surface area contributed by atoms with Crippen molar-refractivity contribution < 1.29 is 4.79 Å². The number of nitrogens with zero attached hydrogens (tertiary/aromatic N) is 1. The summed E-state index contributed by atoms with van der Waals surface area (Å²) in [6.07, 6.45) is 7.08. The van der Waals surface area contributed by atoms with Gasteiger partial charge in [0.05, 0.1) is 5.56 Å². The van der Waals surface area contributed by atoms with Crippen molar-refractivity contribution in [3.63, 3.8) is 0 Å². The minimum absolute atomic E-state index is 0.139. The lowest BCUT2D eigenvalue weighted by Crippen LogP contribution is -2.24. The standard InChI is InChI=1S/C18H21N3O/c1-11(15-9-12-6-7-13(15)8-12)20-21-18(22)16-10-19-17-5-3-2-4-14(16)17/h2-5,10,12-13,15,19H,6-9H2,1H3,(H,21,22). The summed E-state index contributed by atoms with van der Waals surface area (Å²) in [7, 11) is 0. The van der Waals surface area contributed by atoms with Crippen LogP contribution < -0.4 is 5.43 Å². The molecular formula is C18H21N3O. The second-order valence-electron chi connectivity index (χ2n) is 6.72. The Hall–Kier alpha value is -2.10. The number of aromatic nitrogens is 1. The van der Waals surface area contributed by atoms with Gasteiger partial charge in [-0.05, 0) is 44.1 Å². The van der Waals surface area contributed by atoms with E-state index in [-0.39, 0.29) is 5.91 Å². The molecule has 2 N–H and O–H groups in total. The summed E-state index contributed by atoms with van der Waals surface area (Å²) in [6.45, 7) is 2.06. The Morgan fingerprint density at radius 1 is 1.27 bits per heavy atom. The number of benzene rings is 1. The lowest BCUT2D eigenvalue weighted by Gasteiger charge is -2.21. The van der Waals surface area contributed by atoms with Gasteiger partial charge in [-0.15, -0.1) is 0 Å². The van der Waals surface area contributed by atoms with Crippen LogP contribution in [-0.4, -0.2) is 16.6 Å². The highest BCUT2D eigenvalue weighted by Crippen LogP contribution is 2.48. The molecule has 4 nitrogen and oxygen atoms in total. The summed E-state index contributed by atoms with van der Waals surface area (Å²) in [6, 6.07) is 7.82. The Labute approximate surface area is 130 Å². The zero-order valence-corrected chi connectivity index (χ0v) is 12.8. The highest BCUT2D eigenvalue weighted by Gasteiger charge is 2.40. The van der Waals surface area contributed by atoms with Crippen LogP contribution in [0.1, 0.15) is 43.0 Å². The molecule has 1 aromatic heterocycles. The monoisotopic (exact) mass is 295 g/mol. The van der Waals surface area contributed by atoms with Gasteiger partial charge in [-0.1, -0.05) is 24.6 Å². The molecule has 2 aliphatic rings. The largest absolute Gasteiger partial charge is 0.360 e. The molecular weight excluding hydrogens is 274 g/mol. The first-order chi connectivity index (χ1) is 10.7. The number of para-hydroxylation sites is 1. The van der Waals surface area contributed by atoms with Crippen molar-refractivity contribution in [3.05, 3.63) is 36.0 Å². The van der Waals surface area contributed by atoms with Gasteiger partial charge >= 0.3 is 0 Å². The van der Waals surface area contributed by atoms with Crippen LogP contribution >= 0.6 is 0 Å². The summed E-state index contributed by atoms with van der Waals surface area (Å²) in [4.78, 5) is 15.5. The van der Waals surface area contributed by atoms with E-state index in [4.69, 9.17) is 0 Å². The maximum Gasteiger partial charge on any atom is 0.273 e. The van der Waals surface area contributed by atoms with Gasteiger partial charge in [-0.2, -0.15) is 5.10 Å². The quantitative estimate of drug-likeness (QED) is 0.658. The molecule has 3 unspecified atom stereocenters. The van der Waals surface area contributed by atoms with E-state index in [0.717, 1.165) is 28.5 Å². The molecule has 1 aromatic carbocycles. The molecule has 2 bridgehead atoms. The van der Waals surface area contributed by atoms with Crippen molar-refractivity contribution in [2.24, 2.45) is 22.9 Å². The van der Waals surface area contributed by atoms with E-state index in [2.05, 4.69) is 22.4 Å². The smallest absolute Gasteiger partial charge is 0.273 e. The lowest BCUT2D eigenvalue weighted by molar-refractivity contribution is 0.0956. The van der Waals surface area contributed by atoms with Crippen molar-refractivity contribution >= 4 is 22.5 Å². The van der Waals surface area contributed by atoms with Gasteiger partial charge in [0.25, 0.3) is 5.91 Å². The molecule has 3 atom stereocenters. The van der Waals surface area contributed by atoms with E-state index in [0.29, 0.717) is 11.5 Å². The van der Waals surface area contributed by atoms with Gasteiger partial charge in [0.2, 0.25) is 0 Å². The number of carbonyl (C=O) groups is 1. The maximum atomic E-state index is 12.4. The molecule has 4 rings (SSSR count). The predicted octanol–water partition coefficient (Wildman–Crippen LogP) is 3.71. The van der Waals surface area contributed by atoms with Crippen molar-refractivity contribution in [1.29, 1.82) is 0 Å². The second kappa shape index (κ2) is 5.27. The fraction of sp³-hybridized carbons (Fsp3) is 0.444. The number of fused-ring (bicyclic) bond motifs is 3. The number of amides is 1. The number of hydrogen-bond acceptors (Lipinski definition) is 2. The molecule has 0 aliphatic heterocycles. The molecule has 2 aromatic rings. The van der Waals surface area contributed by atoms with Crippen LogP contribution in [0.2, 0.25) is 0 Å². The summed E-state index contributed by atoms with van der Waals surface area (Å²) in [5, 5.41) is 5.33. The molecule has 114 valence electrons. The zero-order chi connectivity index (χ0) is 15.1. The van der Waals surface area contributed by atoms with Crippen molar-refractivity contribution in [2.45, 2.75) is 32.6 Å². The SMILES string of the molecule is CC(=NNC(=O)c1c[nH]c2ccccc12)C1CC2CCC1C2. The van der Waals surface area contributed by atoms with Crippen LogP contribution in [0.25, 0.3) is 10.9 Å². The number of H-pyrrole nitrogens is 1. The van der Waals surface area contributed by atoms with E-state index in [9.17, 15) is 4.79 Å². The van der Waals surface area contributed by atoms with Crippen LogP contribution in [0, 0.1) is 17.8 Å². The zero-order valence-electron chi connectivity index (χ0n) is 12.8. The first-order valence-corrected chi connectivity index (χ1v) is 8.13. The fourth-order valence-electron chi connectivity index (χ4n) is 4.30. The van der Waals surface area contributed by atoms with Gasteiger partial charge in [0.15, 0.2) is 0 Å².